The van der Waals surface area contributed by atoms with Crippen LogP contribution in [0.5, 0.6) is 0 Å². The Bertz CT molecular complexity index is 934. The summed E-state index contributed by atoms with van der Waals surface area (Å²) in [6.45, 7) is 0. The zero-order valence-corrected chi connectivity index (χ0v) is 13.7. The number of nitrogens with zero attached hydrogens (tertiary/aromatic N) is 5. The van der Waals surface area contributed by atoms with Crippen LogP contribution in [0.25, 0.3) is 5.69 Å². The number of nitrogens with one attached hydrogen (secondary N) is 2. The standard InChI is InChI=1S/C17H15N7O2/c25-16(11-5-6-11)21-15-8-7-12(9-18-15)20-17(26)13-3-1-2-4-14(13)24-10-19-22-23-24/h1-4,7-11H,5-6H2,(H,20,26)(H,18,21,25). The molecule has 0 saturated heterocycles. The summed E-state index contributed by atoms with van der Waals surface area (Å²) >= 11 is 0. The fourth-order valence-electron chi connectivity index (χ4n) is 2.45. The number of carbonyl (C=O) groups excluding carboxylic acids is 2. The van der Waals surface area contributed by atoms with Crippen molar-refractivity contribution >= 4 is 23.3 Å². The molecule has 26 heavy (non-hydrogen) atoms. The van der Waals surface area contributed by atoms with E-state index in [1.165, 1.54) is 17.2 Å². The second-order valence-corrected chi connectivity index (χ2v) is 5.92. The highest BCUT2D eigenvalue weighted by Crippen LogP contribution is 2.30. The molecule has 0 atom stereocenters. The number of amides is 2. The summed E-state index contributed by atoms with van der Waals surface area (Å²) < 4.78 is 1.42. The maximum Gasteiger partial charge on any atom is 0.257 e. The maximum absolute atomic E-state index is 12.6. The Kier molecular flexibility index (Phi) is 4.10. The molecule has 3 aromatic rings. The van der Waals surface area contributed by atoms with Crippen LogP contribution in [0.15, 0.2) is 48.9 Å². The van der Waals surface area contributed by atoms with Crippen molar-refractivity contribution in [1.29, 1.82) is 0 Å². The molecule has 2 aromatic heterocycles. The third-order valence-corrected chi connectivity index (χ3v) is 3.97. The van der Waals surface area contributed by atoms with Gasteiger partial charge in [0.25, 0.3) is 5.91 Å². The molecule has 1 aliphatic carbocycles. The Labute approximate surface area is 148 Å². The van der Waals surface area contributed by atoms with Crippen molar-refractivity contribution in [2.75, 3.05) is 10.6 Å². The summed E-state index contributed by atoms with van der Waals surface area (Å²) in [6, 6.07) is 10.3. The van der Waals surface area contributed by atoms with Gasteiger partial charge in [0.05, 0.1) is 23.1 Å². The number of aromatic nitrogens is 5. The summed E-state index contributed by atoms with van der Waals surface area (Å²) in [5.41, 5.74) is 1.51. The van der Waals surface area contributed by atoms with Crippen molar-refractivity contribution in [1.82, 2.24) is 25.2 Å². The number of tetrazole rings is 1. The molecule has 1 aromatic carbocycles. The number of para-hydroxylation sites is 1. The third-order valence-electron chi connectivity index (χ3n) is 3.97. The minimum absolute atomic E-state index is 0.00958. The van der Waals surface area contributed by atoms with E-state index in [1.807, 2.05) is 0 Å². The first-order valence-corrected chi connectivity index (χ1v) is 8.11. The van der Waals surface area contributed by atoms with Crippen LogP contribution in [-0.4, -0.2) is 37.0 Å². The van der Waals surface area contributed by atoms with Crippen LogP contribution < -0.4 is 10.6 Å². The fourth-order valence-corrected chi connectivity index (χ4v) is 2.45. The van der Waals surface area contributed by atoms with E-state index in [1.54, 1.807) is 36.4 Å². The molecular formula is C17H15N7O2. The van der Waals surface area contributed by atoms with Crippen molar-refractivity contribution in [3.05, 3.63) is 54.5 Å². The first-order chi connectivity index (χ1) is 12.7. The van der Waals surface area contributed by atoms with Crippen molar-refractivity contribution in [2.45, 2.75) is 12.8 Å². The lowest BCUT2D eigenvalue weighted by atomic mass is 10.1. The lowest BCUT2D eigenvalue weighted by molar-refractivity contribution is -0.117. The SMILES string of the molecule is O=C(Nc1ccc(NC(=O)C2CC2)nc1)c1ccccc1-n1cnnn1. The molecule has 2 N–H and O–H groups in total. The molecule has 2 heterocycles. The van der Waals surface area contributed by atoms with Gasteiger partial charge in [0, 0.05) is 5.92 Å². The molecule has 0 spiro atoms. The summed E-state index contributed by atoms with van der Waals surface area (Å²) in [5, 5.41) is 16.5. The average Bonchev–Trinajstić information content (AvgIpc) is 3.38. The van der Waals surface area contributed by atoms with Gasteiger partial charge in [-0.1, -0.05) is 12.1 Å². The van der Waals surface area contributed by atoms with Gasteiger partial charge in [0.1, 0.15) is 12.1 Å². The van der Waals surface area contributed by atoms with Crippen molar-refractivity contribution in [3.8, 4) is 5.69 Å². The van der Waals surface area contributed by atoms with Gasteiger partial charge in [-0.3, -0.25) is 9.59 Å². The Morgan fingerprint density at radius 3 is 2.62 bits per heavy atom. The molecule has 130 valence electrons. The van der Waals surface area contributed by atoms with Crippen LogP contribution >= 0.6 is 0 Å². The van der Waals surface area contributed by atoms with Gasteiger partial charge in [-0.2, -0.15) is 4.68 Å². The van der Waals surface area contributed by atoms with Crippen molar-refractivity contribution in [2.24, 2.45) is 5.92 Å². The van der Waals surface area contributed by atoms with Gasteiger partial charge in [0.2, 0.25) is 5.91 Å². The van der Waals surface area contributed by atoms with Gasteiger partial charge >= 0.3 is 0 Å². The average molecular weight is 349 g/mol. The van der Waals surface area contributed by atoms with E-state index in [9.17, 15) is 9.59 Å². The zero-order valence-electron chi connectivity index (χ0n) is 13.7. The minimum Gasteiger partial charge on any atom is -0.321 e. The summed E-state index contributed by atoms with van der Waals surface area (Å²) in [4.78, 5) is 28.5. The lowest BCUT2D eigenvalue weighted by Gasteiger charge is -2.10. The van der Waals surface area contributed by atoms with E-state index in [-0.39, 0.29) is 17.7 Å². The molecular weight excluding hydrogens is 334 g/mol. The molecule has 2 amide bonds. The summed E-state index contributed by atoms with van der Waals surface area (Å²) in [7, 11) is 0. The topological polar surface area (TPSA) is 115 Å². The number of hydrogen-bond donors (Lipinski definition) is 2. The molecule has 4 rings (SSSR count). The highest BCUT2D eigenvalue weighted by Gasteiger charge is 2.29. The summed E-state index contributed by atoms with van der Waals surface area (Å²) in [5.74, 6) is 0.255. The second-order valence-electron chi connectivity index (χ2n) is 5.92. The molecule has 0 radical (unpaired) electrons. The molecule has 0 unspecified atom stereocenters. The zero-order chi connectivity index (χ0) is 17.9. The van der Waals surface area contributed by atoms with Crippen LogP contribution in [0, 0.1) is 5.92 Å². The molecule has 9 heteroatoms. The van der Waals surface area contributed by atoms with Crippen LogP contribution in [-0.2, 0) is 4.79 Å². The normalized spacial score (nSPS) is 13.2. The number of anilines is 2. The Balaban J connectivity index is 1.47. The minimum atomic E-state index is -0.312. The molecule has 1 saturated carbocycles. The largest absolute Gasteiger partial charge is 0.321 e. The number of pyridine rings is 1. The maximum atomic E-state index is 12.6. The van der Waals surface area contributed by atoms with Gasteiger partial charge in [-0.25, -0.2) is 4.98 Å². The second kappa shape index (κ2) is 6.71. The smallest absolute Gasteiger partial charge is 0.257 e. The van der Waals surface area contributed by atoms with Crippen LogP contribution in [0.4, 0.5) is 11.5 Å². The molecule has 1 aliphatic rings. The van der Waals surface area contributed by atoms with Crippen molar-refractivity contribution < 1.29 is 9.59 Å². The molecule has 9 nitrogen and oxygen atoms in total. The molecule has 0 bridgehead atoms. The van der Waals surface area contributed by atoms with E-state index in [4.69, 9.17) is 0 Å². The van der Waals surface area contributed by atoms with E-state index in [0.29, 0.717) is 22.8 Å². The Morgan fingerprint density at radius 2 is 1.92 bits per heavy atom. The van der Waals surface area contributed by atoms with Gasteiger partial charge < -0.3 is 10.6 Å². The predicted molar refractivity (Wildman–Crippen MR) is 92.7 cm³/mol. The van der Waals surface area contributed by atoms with Gasteiger partial charge in [0.15, 0.2) is 0 Å². The summed E-state index contributed by atoms with van der Waals surface area (Å²) in [6.07, 6.45) is 4.78. The monoisotopic (exact) mass is 349 g/mol. The van der Waals surface area contributed by atoms with E-state index in [2.05, 4.69) is 31.1 Å². The van der Waals surface area contributed by atoms with Crippen LogP contribution in [0.1, 0.15) is 23.2 Å². The quantitative estimate of drug-likeness (QED) is 0.724. The fraction of sp³-hybridized carbons (Fsp3) is 0.176. The number of rotatable bonds is 5. The van der Waals surface area contributed by atoms with E-state index < -0.39 is 0 Å². The van der Waals surface area contributed by atoms with E-state index in [0.717, 1.165) is 12.8 Å². The third kappa shape index (κ3) is 3.41. The van der Waals surface area contributed by atoms with E-state index >= 15 is 0 Å². The Hall–Kier alpha value is -3.62. The van der Waals surface area contributed by atoms with Crippen molar-refractivity contribution in [3.63, 3.8) is 0 Å². The first-order valence-electron chi connectivity index (χ1n) is 8.11. The molecule has 1 fully saturated rings. The lowest BCUT2D eigenvalue weighted by Crippen LogP contribution is -2.16. The Morgan fingerprint density at radius 1 is 1.08 bits per heavy atom. The highest BCUT2D eigenvalue weighted by molar-refractivity contribution is 6.06. The first kappa shape index (κ1) is 15.9. The van der Waals surface area contributed by atoms with Gasteiger partial charge in [-0.15, -0.1) is 5.10 Å². The number of benzene rings is 1. The molecule has 0 aliphatic heterocycles. The van der Waals surface area contributed by atoms with Crippen LogP contribution in [0.2, 0.25) is 0 Å². The van der Waals surface area contributed by atoms with Crippen LogP contribution in [0.3, 0.4) is 0 Å². The predicted octanol–water partition coefficient (Wildman–Crippen LogP) is 1.66. The number of carbonyl (C=O) groups is 2. The highest BCUT2D eigenvalue weighted by atomic mass is 16.2. The van der Waals surface area contributed by atoms with Gasteiger partial charge in [-0.05, 0) is 47.5 Å². The number of hydrogen-bond acceptors (Lipinski definition) is 6.